The highest BCUT2D eigenvalue weighted by Crippen LogP contribution is 2.21. The average molecular weight is 237 g/mol. The standard InChI is InChI=1S/C10H14F3NO2/c1-5-7(6-10(11,12)13)14-8(15)16-9(2,3)4/h1,7H,6H2,2-4H3,(H,14,15). The summed E-state index contributed by atoms with van der Waals surface area (Å²) in [6.07, 6.45) is -1.79. The first-order valence-electron chi connectivity index (χ1n) is 4.56. The minimum atomic E-state index is -4.42. The number of halogens is 3. The Morgan fingerprint density at radius 1 is 1.44 bits per heavy atom. The van der Waals surface area contributed by atoms with E-state index in [-0.39, 0.29) is 0 Å². The molecule has 1 atom stereocenters. The Kier molecular flexibility index (Phi) is 4.66. The maximum atomic E-state index is 12.0. The van der Waals surface area contributed by atoms with E-state index in [1.807, 2.05) is 11.2 Å². The molecule has 0 aromatic heterocycles. The Hall–Kier alpha value is -1.38. The van der Waals surface area contributed by atoms with Gasteiger partial charge in [-0.2, -0.15) is 13.2 Å². The van der Waals surface area contributed by atoms with Gasteiger partial charge in [0.1, 0.15) is 11.6 Å². The molecule has 0 aromatic rings. The molecule has 0 bridgehead atoms. The van der Waals surface area contributed by atoms with Gasteiger partial charge in [0.25, 0.3) is 0 Å². The fraction of sp³-hybridized carbons (Fsp3) is 0.700. The summed E-state index contributed by atoms with van der Waals surface area (Å²) in [7, 11) is 0. The Bertz CT molecular complexity index is 286. The van der Waals surface area contributed by atoms with E-state index in [4.69, 9.17) is 11.2 Å². The molecule has 1 amide bonds. The average Bonchev–Trinajstić information content (AvgIpc) is 1.96. The van der Waals surface area contributed by atoms with E-state index in [0.717, 1.165) is 0 Å². The van der Waals surface area contributed by atoms with Gasteiger partial charge in [-0.25, -0.2) is 4.79 Å². The molecule has 0 aromatic carbocycles. The summed E-state index contributed by atoms with van der Waals surface area (Å²) < 4.78 is 40.8. The van der Waals surface area contributed by atoms with Crippen molar-refractivity contribution in [2.24, 2.45) is 0 Å². The normalized spacial score (nSPS) is 13.8. The largest absolute Gasteiger partial charge is 0.444 e. The van der Waals surface area contributed by atoms with Crippen LogP contribution in [-0.4, -0.2) is 23.9 Å². The van der Waals surface area contributed by atoms with Crippen molar-refractivity contribution < 1.29 is 22.7 Å². The summed E-state index contributed by atoms with van der Waals surface area (Å²) >= 11 is 0. The zero-order chi connectivity index (χ0) is 13.0. The molecule has 0 radical (unpaired) electrons. The highest BCUT2D eigenvalue weighted by atomic mass is 19.4. The fourth-order valence-corrected chi connectivity index (χ4v) is 0.833. The van der Waals surface area contributed by atoms with Crippen LogP contribution in [0.5, 0.6) is 0 Å². The molecule has 3 nitrogen and oxygen atoms in total. The van der Waals surface area contributed by atoms with Gasteiger partial charge in [0.15, 0.2) is 0 Å². The van der Waals surface area contributed by atoms with Gasteiger partial charge >= 0.3 is 12.3 Å². The molecule has 0 spiro atoms. The Morgan fingerprint density at radius 2 is 1.94 bits per heavy atom. The van der Waals surface area contributed by atoms with Crippen LogP contribution in [0, 0.1) is 12.3 Å². The van der Waals surface area contributed by atoms with Gasteiger partial charge in [-0.05, 0) is 20.8 Å². The summed E-state index contributed by atoms with van der Waals surface area (Å²) in [4.78, 5) is 11.1. The Morgan fingerprint density at radius 3 is 2.25 bits per heavy atom. The third-order valence-electron chi connectivity index (χ3n) is 1.33. The lowest BCUT2D eigenvalue weighted by molar-refractivity contribution is -0.136. The molecular formula is C10H14F3NO2. The summed E-state index contributed by atoms with van der Waals surface area (Å²) in [5, 5.41) is 1.96. The van der Waals surface area contributed by atoms with Crippen LogP contribution in [0.15, 0.2) is 0 Å². The van der Waals surface area contributed by atoms with Crippen LogP contribution in [0.1, 0.15) is 27.2 Å². The second kappa shape index (κ2) is 5.10. The van der Waals surface area contributed by atoms with Gasteiger partial charge in [-0.1, -0.05) is 5.92 Å². The highest BCUT2D eigenvalue weighted by Gasteiger charge is 2.32. The van der Waals surface area contributed by atoms with Crippen molar-refractivity contribution in [1.29, 1.82) is 0 Å². The molecule has 1 N–H and O–H groups in total. The summed E-state index contributed by atoms with van der Waals surface area (Å²) in [5.74, 6) is 1.84. The number of carbonyl (C=O) groups excluding carboxylic acids is 1. The van der Waals surface area contributed by atoms with Crippen LogP contribution in [-0.2, 0) is 4.74 Å². The molecule has 6 heteroatoms. The molecule has 0 aliphatic carbocycles. The number of terminal acetylenes is 1. The quantitative estimate of drug-likeness (QED) is 0.749. The van der Waals surface area contributed by atoms with Crippen molar-refractivity contribution in [2.75, 3.05) is 0 Å². The molecule has 0 aliphatic rings. The SMILES string of the molecule is C#CC(CC(F)(F)F)NC(=O)OC(C)(C)C. The molecule has 0 aliphatic heterocycles. The molecule has 92 valence electrons. The zero-order valence-corrected chi connectivity index (χ0v) is 9.31. The molecule has 1 unspecified atom stereocenters. The maximum absolute atomic E-state index is 12.0. The van der Waals surface area contributed by atoms with Crippen LogP contribution in [0.2, 0.25) is 0 Å². The molecule has 16 heavy (non-hydrogen) atoms. The third-order valence-corrected chi connectivity index (χ3v) is 1.33. The first-order valence-corrected chi connectivity index (χ1v) is 4.56. The number of rotatable bonds is 2. The van der Waals surface area contributed by atoms with Crippen LogP contribution < -0.4 is 5.32 Å². The third kappa shape index (κ3) is 7.97. The van der Waals surface area contributed by atoms with E-state index in [0.29, 0.717) is 0 Å². The summed E-state index contributed by atoms with van der Waals surface area (Å²) in [5.41, 5.74) is -0.776. The molecule has 0 rings (SSSR count). The lowest BCUT2D eigenvalue weighted by Crippen LogP contribution is -2.40. The summed E-state index contributed by atoms with van der Waals surface area (Å²) in [6.45, 7) is 4.80. The van der Waals surface area contributed by atoms with Crippen molar-refractivity contribution >= 4 is 6.09 Å². The first kappa shape index (κ1) is 14.6. The molecule has 0 heterocycles. The van der Waals surface area contributed by atoms with E-state index >= 15 is 0 Å². The lowest BCUT2D eigenvalue weighted by atomic mass is 10.2. The second-order valence-electron chi connectivity index (χ2n) is 4.18. The minimum Gasteiger partial charge on any atom is -0.444 e. The van der Waals surface area contributed by atoms with E-state index in [1.54, 1.807) is 20.8 Å². The number of nitrogens with one attached hydrogen (secondary N) is 1. The fourth-order valence-electron chi connectivity index (χ4n) is 0.833. The maximum Gasteiger partial charge on any atom is 0.408 e. The van der Waals surface area contributed by atoms with Gasteiger partial charge in [-0.15, -0.1) is 6.42 Å². The number of carbonyl (C=O) groups is 1. The van der Waals surface area contributed by atoms with Crippen LogP contribution in [0.25, 0.3) is 0 Å². The second-order valence-corrected chi connectivity index (χ2v) is 4.18. The molecule has 0 fully saturated rings. The molecule has 0 saturated heterocycles. The van der Waals surface area contributed by atoms with Gasteiger partial charge in [0.2, 0.25) is 0 Å². The molecular weight excluding hydrogens is 223 g/mol. The summed E-state index contributed by atoms with van der Waals surface area (Å²) in [6, 6.07) is -1.41. The van der Waals surface area contributed by atoms with Crippen molar-refractivity contribution in [1.82, 2.24) is 5.32 Å². The van der Waals surface area contributed by atoms with E-state index in [2.05, 4.69) is 0 Å². The topological polar surface area (TPSA) is 38.3 Å². The van der Waals surface area contributed by atoms with Crippen molar-refractivity contribution in [2.45, 2.75) is 45.0 Å². The van der Waals surface area contributed by atoms with Crippen LogP contribution >= 0.6 is 0 Å². The van der Waals surface area contributed by atoms with Crippen LogP contribution in [0.4, 0.5) is 18.0 Å². The van der Waals surface area contributed by atoms with Crippen LogP contribution in [0.3, 0.4) is 0 Å². The van der Waals surface area contributed by atoms with Gasteiger partial charge in [0.05, 0.1) is 6.42 Å². The zero-order valence-electron chi connectivity index (χ0n) is 9.31. The lowest BCUT2D eigenvalue weighted by Gasteiger charge is -2.21. The van der Waals surface area contributed by atoms with E-state index in [9.17, 15) is 18.0 Å². The number of hydrogen-bond acceptors (Lipinski definition) is 2. The van der Waals surface area contributed by atoms with Crippen molar-refractivity contribution in [3.8, 4) is 12.3 Å². The van der Waals surface area contributed by atoms with Crippen molar-refractivity contribution in [3.63, 3.8) is 0 Å². The predicted molar refractivity (Wildman–Crippen MR) is 52.7 cm³/mol. The van der Waals surface area contributed by atoms with Gasteiger partial charge in [-0.3, -0.25) is 0 Å². The highest BCUT2D eigenvalue weighted by molar-refractivity contribution is 5.68. The number of alkyl halides is 3. The monoisotopic (exact) mass is 237 g/mol. The van der Waals surface area contributed by atoms with Gasteiger partial charge in [0, 0.05) is 0 Å². The van der Waals surface area contributed by atoms with Gasteiger partial charge < -0.3 is 10.1 Å². The number of ether oxygens (including phenoxy) is 1. The Balaban J connectivity index is 4.25. The Labute approximate surface area is 92.3 Å². The first-order chi connectivity index (χ1) is 7.03. The number of hydrogen-bond donors (Lipinski definition) is 1. The van der Waals surface area contributed by atoms with E-state index < -0.39 is 30.3 Å². The molecule has 0 saturated carbocycles. The predicted octanol–water partition coefficient (Wildman–Crippen LogP) is 2.47. The number of alkyl carbamates (subject to hydrolysis) is 1. The van der Waals surface area contributed by atoms with E-state index in [1.165, 1.54) is 0 Å². The number of amides is 1. The minimum absolute atomic E-state index is 0.776. The van der Waals surface area contributed by atoms with Crippen molar-refractivity contribution in [3.05, 3.63) is 0 Å². The smallest absolute Gasteiger partial charge is 0.408 e.